The summed E-state index contributed by atoms with van der Waals surface area (Å²) < 4.78 is 5.11. The maximum absolute atomic E-state index is 11.2. The molecule has 0 atom stereocenters. The molecule has 0 spiro atoms. The van der Waals surface area contributed by atoms with Crippen molar-refractivity contribution in [2.45, 2.75) is 26.7 Å². The zero-order valence-corrected chi connectivity index (χ0v) is 8.41. The van der Waals surface area contributed by atoms with Gasteiger partial charge in [-0.15, -0.1) is 0 Å². The summed E-state index contributed by atoms with van der Waals surface area (Å²) >= 11 is 0. The molecule has 0 saturated heterocycles. The van der Waals surface area contributed by atoms with E-state index in [1.54, 1.807) is 13.0 Å². The van der Waals surface area contributed by atoms with Crippen LogP contribution < -0.4 is 10.5 Å². The Morgan fingerprint density at radius 3 is 3.00 bits per heavy atom. The number of ether oxygens (including phenoxy) is 1. The van der Waals surface area contributed by atoms with E-state index in [0.717, 1.165) is 6.42 Å². The second-order valence-corrected chi connectivity index (χ2v) is 3.04. The number of carbonyl (C=O) groups is 1. The molecule has 0 aliphatic rings. The van der Waals surface area contributed by atoms with Crippen LogP contribution >= 0.6 is 0 Å². The number of aromatic nitrogens is 1. The standard InChI is InChI=1S/C10H14N2O2/c1-3-4-9(13)14-8-5-6-12-10(11)7(8)2/h5-6H,3-4H2,1-2H3,(H2,11,12). The molecule has 4 nitrogen and oxygen atoms in total. The van der Waals surface area contributed by atoms with Crippen molar-refractivity contribution < 1.29 is 9.53 Å². The van der Waals surface area contributed by atoms with E-state index in [1.165, 1.54) is 6.20 Å². The summed E-state index contributed by atoms with van der Waals surface area (Å²) in [6.45, 7) is 3.70. The number of nitrogen functional groups attached to an aromatic ring is 1. The van der Waals surface area contributed by atoms with E-state index in [9.17, 15) is 4.79 Å². The monoisotopic (exact) mass is 194 g/mol. The van der Waals surface area contributed by atoms with E-state index >= 15 is 0 Å². The van der Waals surface area contributed by atoms with E-state index in [-0.39, 0.29) is 5.97 Å². The van der Waals surface area contributed by atoms with Gasteiger partial charge in [-0.2, -0.15) is 0 Å². The fraction of sp³-hybridized carbons (Fsp3) is 0.400. The van der Waals surface area contributed by atoms with E-state index < -0.39 is 0 Å². The van der Waals surface area contributed by atoms with Gasteiger partial charge in [-0.3, -0.25) is 4.79 Å². The average molecular weight is 194 g/mol. The molecule has 0 amide bonds. The lowest BCUT2D eigenvalue weighted by molar-refractivity contribution is -0.134. The van der Waals surface area contributed by atoms with Crippen molar-refractivity contribution in [3.63, 3.8) is 0 Å². The summed E-state index contributed by atoms with van der Waals surface area (Å²) in [5.41, 5.74) is 6.27. The van der Waals surface area contributed by atoms with Crippen molar-refractivity contribution in [2.75, 3.05) is 5.73 Å². The van der Waals surface area contributed by atoms with Gasteiger partial charge in [0.15, 0.2) is 0 Å². The van der Waals surface area contributed by atoms with E-state index in [4.69, 9.17) is 10.5 Å². The van der Waals surface area contributed by atoms with Gasteiger partial charge in [0, 0.05) is 18.2 Å². The predicted molar refractivity (Wildman–Crippen MR) is 53.9 cm³/mol. The highest BCUT2D eigenvalue weighted by Crippen LogP contribution is 2.21. The van der Waals surface area contributed by atoms with Gasteiger partial charge >= 0.3 is 5.97 Å². The molecule has 1 heterocycles. The lowest BCUT2D eigenvalue weighted by atomic mass is 10.2. The van der Waals surface area contributed by atoms with Crippen molar-refractivity contribution in [1.82, 2.24) is 4.98 Å². The van der Waals surface area contributed by atoms with Crippen LogP contribution in [0.2, 0.25) is 0 Å². The minimum absolute atomic E-state index is 0.235. The number of carbonyl (C=O) groups excluding carboxylic acids is 1. The van der Waals surface area contributed by atoms with Crippen LogP contribution in [0.1, 0.15) is 25.3 Å². The quantitative estimate of drug-likeness (QED) is 0.743. The van der Waals surface area contributed by atoms with Gasteiger partial charge in [-0.1, -0.05) is 6.92 Å². The Hall–Kier alpha value is -1.58. The lowest BCUT2D eigenvalue weighted by Gasteiger charge is -2.07. The molecule has 1 rings (SSSR count). The highest BCUT2D eigenvalue weighted by molar-refractivity contribution is 5.73. The molecule has 1 aromatic heterocycles. The number of nitrogens with zero attached hydrogens (tertiary/aromatic N) is 1. The number of esters is 1. The Morgan fingerprint density at radius 1 is 1.64 bits per heavy atom. The zero-order valence-electron chi connectivity index (χ0n) is 8.41. The molecule has 0 bridgehead atoms. The van der Waals surface area contributed by atoms with Crippen LogP contribution in [-0.2, 0) is 4.79 Å². The van der Waals surface area contributed by atoms with Crippen LogP contribution in [0.3, 0.4) is 0 Å². The predicted octanol–water partition coefficient (Wildman–Crippen LogP) is 1.68. The smallest absolute Gasteiger partial charge is 0.311 e. The molecule has 0 aliphatic heterocycles. The topological polar surface area (TPSA) is 65.2 Å². The molecule has 0 aliphatic carbocycles. The average Bonchev–Trinajstić information content (AvgIpc) is 2.13. The first-order chi connectivity index (χ1) is 6.65. The van der Waals surface area contributed by atoms with Crippen molar-refractivity contribution in [3.8, 4) is 5.75 Å². The summed E-state index contributed by atoms with van der Waals surface area (Å²) in [6, 6.07) is 1.64. The van der Waals surface area contributed by atoms with Gasteiger partial charge < -0.3 is 10.5 Å². The maximum Gasteiger partial charge on any atom is 0.311 e. The molecule has 76 valence electrons. The molecular formula is C10H14N2O2. The second-order valence-electron chi connectivity index (χ2n) is 3.04. The summed E-state index contributed by atoms with van der Waals surface area (Å²) in [5, 5.41) is 0. The van der Waals surface area contributed by atoms with Crippen LogP contribution in [0.15, 0.2) is 12.3 Å². The number of hydrogen-bond acceptors (Lipinski definition) is 4. The maximum atomic E-state index is 11.2. The Bertz CT molecular complexity index is 337. The molecule has 1 aromatic rings. The Morgan fingerprint density at radius 2 is 2.36 bits per heavy atom. The van der Waals surface area contributed by atoms with Gasteiger partial charge in [0.25, 0.3) is 0 Å². The SMILES string of the molecule is CCCC(=O)Oc1ccnc(N)c1C. The Labute approximate surface area is 83.1 Å². The zero-order chi connectivity index (χ0) is 10.6. The number of nitrogens with two attached hydrogens (primary N) is 1. The van der Waals surface area contributed by atoms with Crippen molar-refractivity contribution in [3.05, 3.63) is 17.8 Å². The fourth-order valence-corrected chi connectivity index (χ4v) is 1.02. The minimum atomic E-state index is -0.235. The molecule has 0 saturated carbocycles. The molecule has 14 heavy (non-hydrogen) atoms. The third-order valence-corrected chi connectivity index (χ3v) is 1.87. The van der Waals surface area contributed by atoms with E-state index in [2.05, 4.69) is 4.98 Å². The van der Waals surface area contributed by atoms with Gasteiger partial charge in [0.2, 0.25) is 0 Å². The summed E-state index contributed by atoms with van der Waals surface area (Å²) in [7, 11) is 0. The molecule has 2 N–H and O–H groups in total. The number of hydrogen-bond donors (Lipinski definition) is 1. The fourth-order valence-electron chi connectivity index (χ4n) is 1.02. The van der Waals surface area contributed by atoms with Crippen molar-refractivity contribution >= 4 is 11.8 Å². The molecule has 0 aromatic carbocycles. The van der Waals surface area contributed by atoms with Gasteiger partial charge in [-0.25, -0.2) is 4.98 Å². The number of anilines is 1. The molecular weight excluding hydrogens is 180 g/mol. The van der Waals surface area contributed by atoms with Gasteiger partial charge in [0.1, 0.15) is 11.6 Å². The number of rotatable bonds is 3. The lowest BCUT2D eigenvalue weighted by Crippen LogP contribution is -2.08. The molecule has 0 unspecified atom stereocenters. The van der Waals surface area contributed by atoms with Crippen molar-refractivity contribution in [2.24, 2.45) is 0 Å². The highest BCUT2D eigenvalue weighted by atomic mass is 16.5. The Kier molecular flexibility index (Phi) is 3.45. The minimum Gasteiger partial charge on any atom is -0.426 e. The van der Waals surface area contributed by atoms with Crippen LogP contribution in [0.4, 0.5) is 5.82 Å². The third-order valence-electron chi connectivity index (χ3n) is 1.87. The van der Waals surface area contributed by atoms with Gasteiger partial charge in [-0.05, 0) is 19.4 Å². The second kappa shape index (κ2) is 4.60. The first kappa shape index (κ1) is 10.5. The summed E-state index contributed by atoms with van der Waals surface area (Å²) in [4.78, 5) is 15.1. The molecule has 4 heteroatoms. The number of pyridine rings is 1. The normalized spacial score (nSPS) is 9.86. The van der Waals surface area contributed by atoms with Crippen molar-refractivity contribution in [1.29, 1.82) is 0 Å². The first-order valence-corrected chi connectivity index (χ1v) is 4.57. The molecule has 0 fully saturated rings. The van der Waals surface area contributed by atoms with Crippen LogP contribution in [0, 0.1) is 6.92 Å². The van der Waals surface area contributed by atoms with Gasteiger partial charge in [0.05, 0.1) is 0 Å². The first-order valence-electron chi connectivity index (χ1n) is 4.57. The van der Waals surface area contributed by atoms with E-state index in [1.807, 2.05) is 6.92 Å². The molecule has 0 radical (unpaired) electrons. The van der Waals surface area contributed by atoms with E-state index in [0.29, 0.717) is 23.6 Å². The largest absolute Gasteiger partial charge is 0.426 e. The van der Waals surface area contributed by atoms with Crippen LogP contribution in [0.25, 0.3) is 0 Å². The Balaban J connectivity index is 2.76. The third kappa shape index (κ3) is 2.45. The highest BCUT2D eigenvalue weighted by Gasteiger charge is 2.07. The summed E-state index contributed by atoms with van der Waals surface area (Å²) in [5.74, 6) is 0.656. The van der Waals surface area contributed by atoms with Crippen LogP contribution in [0.5, 0.6) is 5.75 Å². The van der Waals surface area contributed by atoms with Crippen LogP contribution in [-0.4, -0.2) is 11.0 Å². The summed E-state index contributed by atoms with van der Waals surface area (Å²) in [6.07, 6.45) is 2.72.